The zero-order chi connectivity index (χ0) is 21.1. The van der Waals surface area contributed by atoms with Crippen molar-refractivity contribution in [1.82, 2.24) is 4.98 Å². The fraction of sp³-hybridized carbons (Fsp3) is 0.625. The quantitative estimate of drug-likeness (QED) is 0.664. The van der Waals surface area contributed by atoms with E-state index in [1.807, 2.05) is 18.2 Å². The number of hydrogen-bond acceptors (Lipinski definition) is 5. The van der Waals surface area contributed by atoms with Gasteiger partial charge in [0.05, 0.1) is 18.2 Å². The van der Waals surface area contributed by atoms with Crippen LogP contribution in [0.25, 0.3) is 10.8 Å². The molecule has 0 amide bonds. The van der Waals surface area contributed by atoms with Crippen LogP contribution in [0.3, 0.4) is 0 Å². The Kier molecular flexibility index (Phi) is 6.71. The summed E-state index contributed by atoms with van der Waals surface area (Å²) in [7, 11) is 1.62. The van der Waals surface area contributed by atoms with Crippen LogP contribution in [0.1, 0.15) is 51.9 Å². The molecular weight excluding hydrogens is 400 g/mol. The van der Waals surface area contributed by atoms with Crippen molar-refractivity contribution in [2.24, 2.45) is 17.1 Å². The lowest BCUT2D eigenvalue weighted by molar-refractivity contribution is -0.0398. The number of methoxy groups -OCH3 is 1. The summed E-state index contributed by atoms with van der Waals surface area (Å²) < 4.78 is 17.4. The van der Waals surface area contributed by atoms with Gasteiger partial charge < -0.3 is 19.9 Å². The van der Waals surface area contributed by atoms with Crippen LogP contribution >= 0.6 is 11.6 Å². The molecule has 30 heavy (non-hydrogen) atoms. The second-order valence-corrected chi connectivity index (χ2v) is 9.18. The lowest BCUT2D eigenvalue weighted by atomic mass is 9.59. The molecule has 4 rings (SSSR count). The number of hydrogen-bond donors (Lipinski definition) is 1. The summed E-state index contributed by atoms with van der Waals surface area (Å²) in [4.78, 5) is 4.25. The first-order valence-corrected chi connectivity index (χ1v) is 11.6. The number of benzene rings is 1. The van der Waals surface area contributed by atoms with Crippen LogP contribution in [0.15, 0.2) is 24.4 Å². The summed E-state index contributed by atoms with van der Waals surface area (Å²) >= 11 is 6.56. The molecule has 1 aromatic heterocycles. The Labute approximate surface area is 184 Å². The normalized spacial score (nSPS) is 26.5. The van der Waals surface area contributed by atoms with Gasteiger partial charge in [-0.3, -0.25) is 0 Å². The van der Waals surface area contributed by atoms with E-state index in [1.54, 1.807) is 13.3 Å². The summed E-state index contributed by atoms with van der Waals surface area (Å²) in [6, 6.07) is 6.09. The number of aromatic nitrogens is 1. The summed E-state index contributed by atoms with van der Waals surface area (Å²) in [6.07, 6.45) is 9.44. The van der Waals surface area contributed by atoms with Crippen molar-refractivity contribution < 1.29 is 14.2 Å². The summed E-state index contributed by atoms with van der Waals surface area (Å²) in [5, 5.41) is 2.51. The molecule has 0 radical (unpaired) electrons. The fourth-order valence-corrected chi connectivity index (χ4v) is 5.80. The number of fused-ring (bicyclic) bond motifs is 1. The molecule has 0 unspecified atom stereocenters. The highest BCUT2D eigenvalue weighted by atomic mass is 35.5. The van der Waals surface area contributed by atoms with E-state index in [0.29, 0.717) is 16.8 Å². The standard InChI is InChI=1S/C24H33ClN2O3/c1-3-22(26)24(17-7-12-29-13-8-17)9-4-18(5-10-24)30-21-14-16-6-11-27-23(28-2)19(16)15-20(21)25/h6,11,14-15,17-18,22H,3-5,7-10,12-13,26H2,1-2H3/t18?,22-,24?/m0/s1. The molecule has 1 saturated heterocycles. The Morgan fingerprint density at radius 3 is 2.63 bits per heavy atom. The lowest BCUT2D eigenvalue weighted by Crippen LogP contribution is -2.51. The van der Waals surface area contributed by atoms with Gasteiger partial charge in [0.2, 0.25) is 5.88 Å². The van der Waals surface area contributed by atoms with E-state index < -0.39 is 0 Å². The highest BCUT2D eigenvalue weighted by Crippen LogP contribution is 2.50. The highest BCUT2D eigenvalue weighted by molar-refractivity contribution is 6.33. The third-order valence-corrected chi connectivity index (χ3v) is 7.64. The summed E-state index contributed by atoms with van der Waals surface area (Å²) in [5.41, 5.74) is 6.92. The van der Waals surface area contributed by atoms with E-state index in [9.17, 15) is 0 Å². The number of rotatable bonds is 6. The highest BCUT2D eigenvalue weighted by Gasteiger charge is 2.46. The molecule has 6 heteroatoms. The molecule has 1 aliphatic carbocycles. The zero-order valence-corrected chi connectivity index (χ0v) is 18.8. The molecule has 1 saturated carbocycles. The van der Waals surface area contributed by atoms with Crippen molar-refractivity contribution >= 4 is 22.4 Å². The smallest absolute Gasteiger partial charge is 0.221 e. The second-order valence-electron chi connectivity index (χ2n) is 8.78. The monoisotopic (exact) mass is 432 g/mol. The number of halogens is 1. The van der Waals surface area contributed by atoms with Crippen molar-refractivity contribution in [1.29, 1.82) is 0 Å². The summed E-state index contributed by atoms with van der Waals surface area (Å²) in [5.74, 6) is 1.97. The van der Waals surface area contributed by atoms with Crippen LogP contribution in [0.4, 0.5) is 0 Å². The van der Waals surface area contributed by atoms with Crippen molar-refractivity contribution in [2.45, 2.75) is 64.0 Å². The Morgan fingerprint density at radius 1 is 1.23 bits per heavy atom. The van der Waals surface area contributed by atoms with E-state index in [0.717, 1.165) is 74.7 Å². The van der Waals surface area contributed by atoms with E-state index in [4.69, 9.17) is 31.5 Å². The second kappa shape index (κ2) is 9.29. The van der Waals surface area contributed by atoms with Gasteiger partial charge in [0, 0.05) is 30.8 Å². The molecule has 0 spiro atoms. The SMILES string of the molecule is CC[C@H](N)C1(C2CCOCC2)CCC(Oc2cc3ccnc(OC)c3cc2Cl)CC1. The molecule has 164 valence electrons. The third kappa shape index (κ3) is 4.12. The molecular formula is C24H33ClN2O3. The van der Waals surface area contributed by atoms with Gasteiger partial charge in [0.1, 0.15) is 5.75 Å². The number of nitrogens with zero attached hydrogens (tertiary/aromatic N) is 1. The maximum Gasteiger partial charge on any atom is 0.221 e. The van der Waals surface area contributed by atoms with Crippen molar-refractivity contribution in [3.63, 3.8) is 0 Å². The minimum absolute atomic E-state index is 0.167. The largest absolute Gasteiger partial charge is 0.489 e. The first-order valence-electron chi connectivity index (χ1n) is 11.2. The molecule has 2 aliphatic rings. The number of ether oxygens (including phenoxy) is 3. The average Bonchev–Trinajstić information content (AvgIpc) is 2.80. The summed E-state index contributed by atoms with van der Waals surface area (Å²) in [6.45, 7) is 3.95. The van der Waals surface area contributed by atoms with Crippen LogP contribution in [0.5, 0.6) is 11.6 Å². The zero-order valence-electron chi connectivity index (χ0n) is 18.0. The van der Waals surface area contributed by atoms with Crippen LogP contribution < -0.4 is 15.2 Å². The Morgan fingerprint density at radius 2 is 1.97 bits per heavy atom. The molecule has 5 nitrogen and oxygen atoms in total. The maximum atomic E-state index is 6.70. The van der Waals surface area contributed by atoms with Crippen molar-refractivity contribution in [3.8, 4) is 11.6 Å². The van der Waals surface area contributed by atoms with Crippen LogP contribution in [-0.2, 0) is 4.74 Å². The van der Waals surface area contributed by atoms with Gasteiger partial charge in [0.25, 0.3) is 0 Å². The minimum atomic E-state index is 0.167. The molecule has 2 aromatic rings. The van der Waals surface area contributed by atoms with Crippen LogP contribution in [-0.4, -0.2) is 37.5 Å². The molecule has 2 heterocycles. The molecule has 1 atom stereocenters. The van der Waals surface area contributed by atoms with Crippen molar-refractivity contribution in [3.05, 3.63) is 29.4 Å². The van der Waals surface area contributed by atoms with Crippen molar-refractivity contribution in [2.75, 3.05) is 20.3 Å². The van der Waals surface area contributed by atoms with E-state index in [1.165, 1.54) is 0 Å². The third-order valence-electron chi connectivity index (χ3n) is 7.34. The Bertz CT molecular complexity index is 861. The van der Waals surface area contributed by atoms with E-state index in [2.05, 4.69) is 11.9 Å². The number of pyridine rings is 1. The van der Waals surface area contributed by atoms with Gasteiger partial charge in [0.15, 0.2) is 0 Å². The van der Waals surface area contributed by atoms with Gasteiger partial charge in [-0.05, 0) is 79.9 Å². The minimum Gasteiger partial charge on any atom is -0.489 e. The number of nitrogens with two attached hydrogens (primary N) is 1. The Hall–Kier alpha value is -1.56. The van der Waals surface area contributed by atoms with Crippen LogP contribution in [0, 0.1) is 11.3 Å². The van der Waals surface area contributed by atoms with E-state index in [-0.39, 0.29) is 17.6 Å². The maximum absolute atomic E-state index is 6.70. The fourth-order valence-electron chi connectivity index (χ4n) is 5.59. The Balaban J connectivity index is 1.49. The molecule has 2 N–H and O–H groups in total. The van der Waals surface area contributed by atoms with Gasteiger partial charge in [-0.15, -0.1) is 0 Å². The first kappa shape index (κ1) is 21.7. The van der Waals surface area contributed by atoms with Crippen LogP contribution in [0.2, 0.25) is 5.02 Å². The molecule has 2 fully saturated rings. The van der Waals surface area contributed by atoms with E-state index >= 15 is 0 Å². The topological polar surface area (TPSA) is 66.6 Å². The van der Waals surface area contributed by atoms with Gasteiger partial charge in [-0.25, -0.2) is 4.98 Å². The lowest BCUT2D eigenvalue weighted by Gasteiger charge is -2.50. The first-order chi connectivity index (χ1) is 14.6. The predicted molar refractivity (Wildman–Crippen MR) is 120 cm³/mol. The molecule has 1 aromatic carbocycles. The van der Waals surface area contributed by atoms with Gasteiger partial charge in [-0.2, -0.15) is 0 Å². The van der Waals surface area contributed by atoms with Gasteiger partial charge >= 0.3 is 0 Å². The average molecular weight is 433 g/mol. The predicted octanol–water partition coefficient (Wildman–Crippen LogP) is 5.37. The molecule has 1 aliphatic heterocycles. The molecule has 0 bridgehead atoms. The van der Waals surface area contributed by atoms with Gasteiger partial charge in [-0.1, -0.05) is 18.5 Å².